The Balaban J connectivity index is 1.25. The number of nitrogens with one attached hydrogen (secondary N) is 1. The quantitative estimate of drug-likeness (QED) is 0.345. The van der Waals surface area contributed by atoms with Crippen LogP contribution in [0.4, 0.5) is 4.79 Å². The lowest BCUT2D eigenvalue weighted by Crippen LogP contribution is -2.60. The first-order valence-corrected chi connectivity index (χ1v) is 16.2. The Morgan fingerprint density at radius 1 is 0.953 bits per heavy atom. The third kappa shape index (κ3) is 4.92. The van der Waals surface area contributed by atoms with Gasteiger partial charge in [-0.3, -0.25) is 4.79 Å². The summed E-state index contributed by atoms with van der Waals surface area (Å²) in [6.45, 7) is 7.66. The number of hydrogen-bond donors (Lipinski definition) is 1. The molecule has 8 nitrogen and oxygen atoms in total. The van der Waals surface area contributed by atoms with Crippen LogP contribution in [0.15, 0.2) is 54.6 Å². The average molecular weight is 582 g/mol. The number of fused-ring (bicyclic) bond motifs is 3. The van der Waals surface area contributed by atoms with Crippen LogP contribution in [0.2, 0.25) is 0 Å². The first kappa shape index (κ1) is 28.1. The van der Waals surface area contributed by atoms with Gasteiger partial charge >= 0.3 is 6.03 Å². The second-order valence-electron chi connectivity index (χ2n) is 13.9. The molecule has 4 saturated carbocycles. The summed E-state index contributed by atoms with van der Waals surface area (Å²) in [6.07, 6.45) is 8.83. The molecule has 6 atom stereocenters. The summed E-state index contributed by atoms with van der Waals surface area (Å²) >= 11 is 0. The van der Waals surface area contributed by atoms with Gasteiger partial charge in [-0.15, -0.1) is 5.10 Å². The number of amides is 2. The number of para-hydroxylation sites is 2. The molecule has 43 heavy (non-hydrogen) atoms. The molecule has 1 aromatic heterocycles. The van der Waals surface area contributed by atoms with Gasteiger partial charge in [-0.25, -0.2) is 4.79 Å². The SMILES string of the molecule is C[C@H]1[C@H]2C[C@@H](C[C@H]1NC(=O)c1c(-c3ccccc3Oc3ccccc3)nnn1C(=O)N1CCCC3CCCCC31)C2(C)C. The van der Waals surface area contributed by atoms with Crippen molar-refractivity contribution < 1.29 is 14.3 Å². The third-order valence-electron chi connectivity index (χ3n) is 11.3. The Morgan fingerprint density at radius 2 is 1.70 bits per heavy atom. The molecule has 4 aliphatic carbocycles. The van der Waals surface area contributed by atoms with Crippen molar-refractivity contribution in [1.82, 2.24) is 25.2 Å². The Labute approximate surface area is 254 Å². The summed E-state index contributed by atoms with van der Waals surface area (Å²) in [6, 6.07) is 17.1. The van der Waals surface area contributed by atoms with Gasteiger partial charge in [-0.2, -0.15) is 4.68 Å². The number of carbonyl (C=O) groups excluding carboxylic acids is 2. The highest BCUT2D eigenvalue weighted by atomic mass is 16.5. The van der Waals surface area contributed by atoms with Gasteiger partial charge < -0.3 is 15.0 Å². The van der Waals surface area contributed by atoms with E-state index >= 15 is 0 Å². The standard InChI is InChI=1S/C35H43N5O3/c1-22-27-20-24(35(27,2)3)21-28(22)36-33(41)32-31(26-16-8-10-18-30(26)43-25-14-5-4-6-15-25)37-38-40(32)34(42)39-19-11-13-23-12-7-9-17-29(23)39/h4-6,8,10,14-16,18,22-24,27-29H,7,9,11-13,17,19-21H2,1-3H3,(H,36,41)/t22-,23?,24-,27+,28+,29?/m0/s1. The minimum atomic E-state index is -0.295. The minimum absolute atomic E-state index is 0.0455. The van der Waals surface area contributed by atoms with Gasteiger partial charge in [0.15, 0.2) is 5.69 Å². The van der Waals surface area contributed by atoms with Crippen LogP contribution in [0, 0.1) is 29.1 Å². The van der Waals surface area contributed by atoms with Crippen LogP contribution in [0.3, 0.4) is 0 Å². The zero-order chi connectivity index (χ0) is 29.7. The van der Waals surface area contributed by atoms with Crippen LogP contribution in [-0.4, -0.2) is 50.5 Å². The molecule has 1 saturated heterocycles. The van der Waals surface area contributed by atoms with Crippen molar-refractivity contribution in [3.63, 3.8) is 0 Å². The van der Waals surface area contributed by atoms with Crippen LogP contribution < -0.4 is 10.1 Å². The molecule has 1 N–H and O–H groups in total. The number of ether oxygens (including phenoxy) is 1. The number of aromatic nitrogens is 3. The second kappa shape index (κ2) is 11.1. The lowest BCUT2D eigenvalue weighted by Gasteiger charge is -2.62. The van der Waals surface area contributed by atoms with Gasteiger partial charge in [-0.05, 0) is 91.9 Å². The van der Waals surface area contributed by atoms with Crippen LogP contribution in [0.5, 0.6) is 11.5 Å². The number of rotatable bonds is 5. The van der Waals surface area contributed by atoms with Gasteiger partial charge in [0.05, 0.1) is 0 Å². The summed E-state index contributed by atoms with van der Waals surface area (Å²) in [5.74, 6) is 2.99. The van der Waals surface area contributed by atoms with Gasteiger partial charge in [0.25, 0.3) is 5.91 Å². The highest BCUT2D eigenvalue weighted by molar-refractivity contribution is 6.02. The summed E-state index contributed by atoms with van der Waals surface area (Å²) in [4.78, 5) is 30.6. The highest BCUT2D eigenvalue weighted by Gasteiger charge is 2.56. The lowest BCUT2D eigenvalue weighted by molar-refractivity contribution is -0.113. The number of benzene rings is 2. The van der Waals surface area contributed by atoms with E-state index in [0.29, 0.717) is 58.4 Å². The summed E-state index contributed by atoms with van der Waals surface area (Å²) in [5.41, 5.74) is 1.50. The molecule has 2 bridgehead atoms. The predicted molar refractivity (Wildman–Crippen MR) is 165 cm³/mol. The Kier molecular flexibility index (Phi) is 7.26. The molecular weight excluding hydrogens is 538 g/mol. The number of likely N-dealkylation sites (tertiary alicyclic amines) is 1. The van der Waals surface area contributed by atoms with Gasteiger partial charge in [0.1, 0.15) is 17.2 Å². The number of hydrogen-bond acceptors (Lipinski definition) is 5. The van der Waals surface area contributed by atoms with E-state index in [4.69, 9.17) is 4.74 Å². The van der Waals surface area contributed by atoms with E-state index in [0.717, 1.165) is 38.5 Å². The molecule has 1 aliphatic heterocycles. The van der Waals surface area contributed by atoms with Crippen molar-refractivity contribution in [2.24, 2.45) is 29.1 Å². The van der Waals surface area contributed by atoms with Crippen LogP contribution in [-0.2, 0) is 0 Å². The van der Waals surface area contributed by atoms with Crippen molar-refractivity contribution in [3.8, 4) is 22.8 Å². The van der Waals surface area contributed by atoms with Crippen LogP contribution in [0.1, 0.15) is 82.6 Å². The fourth-order valence-corrected chi connectivity index (χ4v) is 8.73. The first-order valence-electron chi connectivity index (χ1n) is 16.2. The largest absolute Gasteiger partial charge is 0.457 e. The normalized spacial score (nSPS) is 29.2. The monoisotopic (exact) mass is 581 g/mol. The first-order chi connectivity index (χ1) is 20.8. The van der Waals surface area contributed by atoms with E-state index in [9.17, 15) is 9.59 Å². The molecule has 2 unspecified atom stereocenters. The molecule has 226 valence electrons. The molecule has 5 aliphatic rings. The highest BCUT2D eigenvalue weighted by Crippen LogP contribution is 2.61. The number of piperidine rings is 1. The summed E-state index contributed by atoms with van der Waals surface area (Å²) < 4.78 is 7.54. The number of nitrogens with zero attached hydrogens (tertiary/aromatic N) is 4. The average Bonchev–Trinajstić information content (AvgIpc) is 3.47. The van der Waals surface area contributed by atoms with Gasteiger partial charge in [0, 0.05) is 24.2 Å². The van der Waals surface area contributed by atoms with Crippen molar-refractivity contribution in [2.75, 3.05) is 6.54 Å². The predicted octanol–water partition coefficient (Wildman–Crippen LogP) is 7.16. The molecule has 2 heterocycles. The van der Waals surface area contributed by atoms with E-state index < -0.39 is 0 Å². The molecule has 2 amide bonds. The molecule has 3 aromatic rings. The van der Waals surface area contributed by atoms with Crippen LogP contribution in [0.25, 0.3) is 11.3 Å². The number of carbonyl (C=O) groups is 2. The van der Waals surface area contributed by atoms with E-state index in [2.05, 4.69) is 36.4 Å². The van der Waals surface area contributed by atoms with E-state index in [1.54, 1.807) is 0 Å². The van der Waals surface area contributed by atoms with Gasteiger partial charge in [0.2, 0.25) is 0 Å². The van der Waals surface area contributed by atoms with Gasteiger partial charge in [-0.1, -0.05) is 69.2 Å². The second-order valence-corrected chi connectivity index (χ2v) is 13.9. The molecule has 8 heteroatoms. The lowest BCUT2D eigenvalue weighted by atomic mass is 9.45. The van der Waals surface area contributed by atoms with E-state index in [-0.39, 0.29) is 29.7 Å². The van der Waals surface area contributed by atoms with Crippen molar-refractivity contribution >= 4 is 11.9 Å². The maximum atomic E-state index is 14.3. The fraction of sp³-hybridized carbons (Fsp3) is 0.543. The molecular formula is C35H43N5O3. The maximum Gasteiger partial charge on any atom is 0.347 e. The fourth-order valence-electron chi connectivity index (χ4n) is 8.73. The topological polar surface area (TPSA) is 89.3 Å². The van der Waals surface area contributed by atoms with Crippen LogP contribution >= 0.6 is 0 Å². The maximum absolute atomic E-state index is 14.3. The molecule has 2 aromatic carbocycles. The van der Waals surface area contributed by atoms with E-state index in [1.165, 1.54) is 17.5 Å². The molecule has 5 fully saturated rings. The smallest absolute Gasteiger partial charge is 0.347 e. The Bertz CT molecular complexity index is 1500. The van der Waals surface area contributed by atoms with Crippen molar-refractivity contribution in [2.45, 2.75) is 84.2 Å². The molecule has 8 rings (SSSR count). The summed E-state index contributed by atoms with van der Waals surface area (Å²) in [5, 5.41) is 12.3. The van der Waals surface area contributed by atoms with E-state index in [1.807, 2.05) is 59.5 Å². The van der Waals surface area contributed by atoms with Crippen molar-refractivity contribution in [3.05, 3.63) is 60.3 Å². The minimum Gasteiger partial charge on any atom is -0.457 e. The summed E-state index contributed by atoms with van der Waals surface area (Å²) in [7, 11) is 0. The van der Waals surface area contributed by atoms with Crippen molar-refractivity contribution in [1.29, 1.82) is 0 Å². The molecule has 0 radical (unpaired) electrons. The Hall–Kier alpha value is -3.68. The molecule has 0 spiro atoms. The zero-order valence-corrected chi connectivity index (χ0v) is 25.5. The third-order valence-corrected chi connectivity index (χ3v) is 11.3. The zero-order valence-electron chi connectivity index (χ0n) is 25.5. The Morgan fingerprint density at radius 3 is 2.49 bits per heavy atom.